The van der Waals surface area contributed by atoms with Gasteiger partial charge in [-0.2, -0.15) is 0 Å². The topological polar surface area (TPSA) is 150 Å². The van der Waals surface area contributed by atoms with E-state index in [0.717, 1.165) is 0 Å². The molecule has 2 aliphatic heterocycles. The highest BCUT2D eigenvalue weighted by Gasteiger charge is 2.51. The third kappa shape index (κ3) is 4.68. The molecule has 12 heteroatoms. The third-order valence-corrected chi connectivity index (χ3v) is 5.88. The lowest BCUT2D eigenvalue weighted by Crippen LogP contribution is -2.69. The minimum atomic E-state index is -1.09. The number of hydrogen-bond donors (Lipinski definition) is 3. The molecule has 1 aromatic heterocycles. The van der Waals surface area contributed by atoms with E-state index in [1.807, 2.05) is 0 Å². The Morgan fingerprint density at radius 1 is 1.39 bits per heavy atom. The number of rotatable bonds is 8. The predicted molar refractivity (Wildman–Crippen MR) is 112 cm³/mol. The van der Waals surface area contributed by atoms with Gasteiger partial charge < -0.3 is 25.5 Å². The Morgan fingerprint density at radius 3 is 2.77 bits per heavy atom. The summed E-state index contributed by atoms with van der Waals surface area (Å²) in [7, 11) is 0. The molecule has 1 saturated heterocycles. The number of aliphatic carboxylic acids is 1. The van der Waals surface area contributed by atoms with E-state index in [0.29, 0.717) is 6.41 Å². The van der Waals surface area contributed by atoms with Gasteiger partial charge in [-0.05, 0) is 32.9 Å². The zero-order valence-corrected chi connectivity index (χ0v) is 17.8. The van der Waals surface area contributed by atoms with Gasteiger partial charge >= 0.3 is 5.97 Å². The molecule has 2 unspecified atom stereocenters. The van der Waals surface area contributed by atoms with E-state index < -0.39 is 29.2 Å². The van der Waals surface area contributed by atoms with E-state index in [2.05, 4.69) is 20.8 Å². The van der Waals surface area contributed by atoms with Crippen LogP contribution in [0.15, 0.2) is 35.1 Å². The molecule has 11 nitrogen and oxygen atoms in total. The SMILES string of the molecule is CC(C)ON=C(C(=O)NC1C(=O)N2C=C(C(=O)O)C(C)S[C@H]12)c1cccc(NC=O)n1. The summed E-state index contributed by atoms with van der Waals surface area (Å²) in [4.78, 5) is 58.1. The maximum Gasteiger partial charge on any atom is 0.334 e. The van der Waals surface area contributed by atoms with Gasteiger partial charge in [0.2, 0.25) is 6.41 Å². The molecule has 2 aliphatic rings. The first-order valence-electron chi connectivity index (χ1n) is 9.37. The van der Waals surface area contributed by atoms with Crippen LogP contribution in [0, 0.1) is 0 Å². The summed E-state index contributed by atoms with van der Waals surface area (Å²) >= 11 is 1.27. The standard InChI is InChI=1S/C19H21N5O6S/c1-9(2)30-23-14(12-5-4-6-13(21-12)20-8-25)16(26)22-15-17(27)24-7-11(19(28)29)10(3)31-18(15)24/h4-10,15,18H,1-3H3,(H,22,26)(H,28,29)(H,20,21,25)/t10?,15?,18-/m1/s1. The number of carboxylic acids is 1. The number of oxime groups is 1. The van der Waals surface area contributed by atoms with Gasteiger partial charge in [0.15, 0.2) is 5.71 Å². The number of carbonyl (C=O) groups is 4. The molecule has 3 rings (SSSR count). The number of hydrogen-bond acceptors (Lipinski definition) is 8. The van der Waals surface area contributed by atoms with Crippen LogP contribution in [0.2, 0.25) is 0 Å². The van der Waals surface area contributed by atoms with Crippen molar-refractivity contribution in [1.82, 2.24) is 15.2 Å². The van der Waals surface area contributed by atoms with E-state index in [1.54, 1.807) is 26.8 Å². The molecule has 3 N–H and O–H groups in total. The Balaban J connectivity index is 1.81. The van der Waals surface area contributed by atoms with Crippen LogP contribution < -0.4 is 10.6 Å². The van der Waals surface area contributed by atoms with Gasteiger partial charge in [0.05, 0.1) is 5.57 Å². The number of amides is 3. The van der Waals surface area contributed by atoms with Crippen LogP contribution in [-0.2, 0) is 24.0 Å². The zero-order valence-electron chi connectivity index (χ0n) is 16.9. The molecule has 1 aromatic rings. The van der Waals surface area contributed by atoms with Crippen LogP contribution in [0.3, 0.4) is 0 Å². The molecular weight excluding hydrogens is 426 g/mol. The van der Waals surface area contributed by atoms with E-state index in [4.69, 9.17) is 4.84 Å². The summed E-state index contributed by atoms with van der Waals surface area (Å²) in [5.41, 5.74) is 0.104. The summed E-state index contributed by atoms with van der Waals surface area (Å²) < 4.78 is 0. The average molecular weight is 447 g/mol. The monoisotopic (exact) mass is 447 g/mol. The number of aromatic nitrogens is 1. The number of nitrogens with zero attached hydrogens (tertiary/aromatic N) is 3. The van der Waals surface area contributed by atoms with Crippen LogP contribution in [0.4, 0.5) is 5.82 Å². The number of nitrogens with one attached hydrogen (secondary N) is 2. The number of β-lactam (4-membered cyclic amide) rings is 1. The molecule has 1 fully saturated rings. The van der Waals surface area contributed by atoms with Crippen molar-refractivity contribution in [3.05, 3.63) is 35.7 Å². The van der Waals surface area contributed by atoms with Crippen molar-refractivity contribution in [2.24, 2.45) is 5.16 Å². The minimum absolute atomic E-state index is 0.121. The van der Waals surface area contributed by atoms with Crippen molar-refractivity contribution in [2.45, 2.75) is 43.5 Å². The molecule has 164 valence electrons. The fourth-order valence-corrected chi connectivity index (χ4v) is 4.31. The number of carboxylic acid groups (broad SMARTS) is 1. The van der Waals surface area contributed by atoms with Crippen molar-refractivity contribution in [3.8, 4) is 0 Å². The molecule has 3 atom stereocenters. The summed E-state index contributed by atoms with van der Waals surface area (Å²) in [6.45, 7) is 5.19. The fraction of sp³-hybridized carbons (Fsp3) is 0.368. The normalized spacial score (nSPS) is 22.8. The molecule has 31 heavy (non-hydrogen) atoms. The van der Waals surface area contributed by atoms with E-state index in [1.165, 1.54) is 35.0 Å². The van der Waals surface area contributed by atoms with E-state index >= 15 is 0 Å². The maximum atomic E-state index is 13.0. The molecule has 0 saturated carbocycles. The van der Waals surface area contributed by atoms with Crippen LogP contribution in [0.25, 0.3) is 0 Å². The number of carbonyl (C=O) groups excluding carboxylic acids is 3. The first-order chi connectivity index (χ1) is 14.7. The summed E-state index contributed by atoms with van der Waals surface area (Å²) in [5, 5.41) is 17.4. The van der Waals surface area contributed by atoms with Crippen molar-refractivity contribution in [1.29, 1.82) is 0 Å². The summed E-state index contributed by atoms with van der Waals surface area (Å²) in [6, 6.07) is 3.79. The van der Waals surface area contributed by atoms with Crippen molar-refractivity contribution in [3.63, 3.8) is 0 Å². The highest BCUT2D eigenvalue weighted by molar-refractivity contribution is 8.00. The fourth-order valence-electron chi connectivity index (χ4n) is 2.95. The van der Waals surface area contributed by atoms with E-state index in [9.17, 15) is 24.3 Å². The first-order valence-corrected chi connectivity index (χ1v) is 10.3. The number of anilines is 1. The van der Waals surface area contributed by atoms with Gasteiger partial charge in [0.1, 0.15) is 29.0 Å². The minimum Gasteiger partial charge on any atom is -0.478 e. The Morgan fingerprint density at radius 2 is 2.13 bits per heavy atom. The van der Waals surface area contributed by atoms with Crippen LogP contribution >= 0.6 is 11.8 Å². The average Bonchev–Trinajstić information content (AvgIpc) is 2.72. The maximum absolute atomic E-state index is 13.0. The van der Waals surface area contributed by atoms with E-state index in [-0.39, 0.29) is 34.2 Å². The van der Waals surface area contributed by atoms with Crippen molar-refractivity contribution in [2.75, 3.05) is 5.32 Å². The summed E-state index contributed by atoms with van der Waals surface area (Å²) in [6.07, 6.45) is 1.45. The van der Waals surface area contributed by atoms with Gasteiger partial charge in [-0.15, -0.1) is 11.8 Å². The second-order valence-corrected chi connectivity index (χ2v) is 8.48. The van der Waals surface area contributed by atoms with Crippen LogP contribution in [-0.4, -0.2) is 67.7 Å². The molecule has 0 spiro atoms. The second kappa shape index (κ2) is 9.16. The molecule has 0 bridgehead atoms. The smallest absolute Gasteiger partial charge is 0.334 e. The first kappa shape index (κ1) is 22.3. The highest BCUT2D eigenvalue weighted by atomic mass is 32.2. The Bertz CT molecular complexity index is 978. The van der Waals surface area contributed by atoms with Gasteiger partial charge in [0.25, 0.3) is 11.8 Å². The van der Waals surface area contributed by atoms with Gasteiger partial charge in [-0.3, -0.25) is 14.4 Å². The Hall–Kier alpha value is -3.41. The number of fused-ring (bicyclic) bond motifs is 1. The Kier molecular flexibility index (Phi) is 6.59. The lowest BCUT2D eigenvalue weighted by molar-refractivity contribution is -0.144. The molecule has 0 radical (unpaired) electrons. The lowest BCUT2D eigenvalue weighted by Gasteiger charge is -2.48. The van der Waals surface area contributed by atoms with Gasteiger partial charge in [-0.1, -0.05) is 11.2 Å². The van der Waals surface area contributed by atoms with Crippen molar-refractivity contribution >= 4 is 47.5 Å². The molecule has 0 aliphatic carbocycles. The van der Waals surface area contributed by atoms with Gasteiger partial charge in [-0.25, -0.2) is 9.78 Å². The summed E-state index contributed by atoms with van der Waals surface area (Å²) in [5.74, 6) is -1.99. The van der Waals surface area contributed by atoms with Crippen molar-refractivity contribution < 1.29 is 29.1 Å². The molecular formula is C19H21N5O6S. The van der Waals surface area contributed by atoms with Crippen LogP contribution in [0.1, 0.15) is 26.5 Å². The third-order valence-electron chi connectivity index (χ3n) is 4.44. The lowest BCUT2D eigenvalue weighted by atomic mass is 10.1. The quantitative estimate of drug-likeness (QED) is 0.226. The molecule has 3 amide bonds. The number of thioether (sulfide) groups is 1. The van der Waals surface area contributed by atoms with Crippen LogP contribution in [0.5, 0.6) is 0 Å². The number of pyridine rings is 1. The highest BCUT2D eigenvalue weighted by Crippen LogP contribution is 2.40. The molecule has 3 heterocycles. The second-order valence-electron chi connectivity index (χ2n) is 7.02. The van der Waals surface area contributed by atoms with Gasteiger partial charge in [0, 0.05) is 11.4 Å². The largest absolute Gasteiger partial charge is 0.478 e. The zero-order chi connectivity index (χ0) is 22.7. The molecule has 0 aromatic carbocycles. The Labute approximate surface area is 181 Å². The predicted octanol–water partition coefficient (Wildman–Crippen LogP) is 0.536.